The average molecular weight is 340 g/mol. The van der Waals surface area contributed by atoms with Crippen LogP contribution in [0.2, 0.25) is 0 Å². The first-order valence-electron chi connectivity index (χ1n) is 8.44. The van der Waals surface area contributed by atoms with Crippen molar-refractivity contribution in [1.82, 2.24) is 15.5 Å². The number of likely N-dealkylation sites (N-methyl/N-ethyl adjacent to an activating group) is 1. The molecule has 1 aliphatic carbocycles. The lowest BCUT2D eigenvalue weighted by Crippen LogP contribution is -2.47. The molecule has 0 radical (unpaired) electrons. The lowest BCUT2D eigenvalue weighted by atomic mass is 9.95. The molecule has 0 aromatic carbocycles. The van der Waals surface area contributed by atoms with E-state index in [-0.39, 0.29) is 12.1 Å². The number of carbonyl (C=O) groups excluding carboxylic acids is 1. The minimum Gasteiger partial charge on any atom is -0.388 e. The molecular weight excluding hydrogens is 310 g/mol. The molecule has 6 heteroatoms. The molecule has 2 rings (SSSR count). The summed E-state index contributed by atoms with van der Waals surface area (Å²) in [5.74, 6) is 0. The summed E-state index contributed by atoms with van der Waals surface area (Å²) in [6.45, 7) is 0.891. The predicted molar refractivity (Wildman–Crippen MR) is 94.8 cm³/mol. The number of amides is 2. The van der Waals surface area contributed by atoms with Gasteiger partial charge in [-0.3, -0.25) is 0 Å². The lowest BCUT2D eigenvalue weighted by Gasteiger charge is -2.27. The molecule has 130 valence electrons. The van der Waals surface area contributed by atoms with Gasteiger partial charge < -0.3 is 20.6 Å². The average Bonchev–Trinajstić information content (AvgIpc) is 2.94. The van der Waals surface area contributed by atoms with Gasteiger partial charge in [-0.15, -0.1) is 11.3 Å². The van der Waals surface area contributed by atoms with Crippen LogP contribution in [0, 0.1) is 0 Å². The van der Waals surface area contributed by atoms with Gasteiger partial charge in [-0.1, -0.05) is 31.7 Å². The van der Waals surface area contributed by atoms with Crippen LogP contribution in [0.4, 0.5) is 4.79 Å². The van der Waals surface area contributed by atoms with Crippen molar-refractivity contribution in [2.45, 2.75) is 50.2 Å². The standard InChI is InChI=1S/C17H29N3O2S/c1-20(2)14(15-8-7-11-23-15)12-18-16(21)19-13-17(22)9-5-3-4-6-10-17/h7-8,11,14,22H,3-6,9-10,12-13H2,1-2H3,(H2,18,19,21). The molecule has 1 fully saturated rings. The molecule has 1 aromatic heterocycles. The Morgan fingerprint density at radius 2 is 2.00 bits per heavy atom. The van der Waals surface area contributed by atoms with Crippen LogP contribution in [0.15, 0.2) is 17.5 Å². The summed E-state index contributed by atoms with van der Waals surface area (Å²) >= 11 is 1.70. The predicted octanol–water partition coefficient (Wildman–Crippen LogP) is 2.74. The number of rotatable bonds is 6. The van der Waals surface area contributed by atoms with E-state index in [1.807, 2.05) is 25.5 Å². The maximum absolute atomic E-state index is 12.1. The Labute approximate surface area is 143 Å². The van der Waals surface area contributed by atoms with Crippen LogP contribution in [-0.2, 0) is 0 Å². The van der Waals surface area contributed by atoms with Gasteiger partial charge in [0, 0.05) is 18.0 Å². The third kappa shape index (κ3) is 5.79. The first-order valence-corrected chi connectivity index (χ1v) is 9.32. The maximum atomic E-state index is 12.1. The van der Waals surface area contributed by atoms with Crippen molar-refractivity contribution >= 4 is 17.4 Å². The number of urea groups is 1. The summed E-state index contributed by atoms with van der Waals surface area (Å²) in [5.41, 5.74) is -0.734. The van der Waals surface area contributed by atoms with E-state index in [4.69, 9.17) is 0 Å². The highest BCUT2D eigenvalue weighted by atomic mass is 32.1. The Kier molecular flexibility index (Phi) is 6.87. The Morgan fingerprint density at radius 3 is 2.57 bits per heavy atom. The number of carbonyl (C=O) groups is 1. The van der Waals surface area contributed by atoms with Gasteiger partial charge in [-0.25, -0.2) is 4.79 Å². The van der Waals surface area contributed by atoms with Crippen molar-refractivity contribution in [3.05, 3.63) is 22.4 Å². The molecule has 2 amide bonds. The molecule has 1 aliphatic rings. The van der Waals surface area contributed by atoms with E-state index in [0.29, 0.717) is 13.1 Å². The fraction of sp³-hybridized carbons (Fsp3) is 0.706. The second kappa shape index (κ2) is 8.66. The zero-order valence-electron chi connectivity index (χ0n) is 14.2. The van der Waals surface area contributed by atoms with E-state index < -0.39 is 5.60 Å². The Bertz CT molecular complexity index is 468. The van der Waals surface area contributed by atoms with Crippen molar-refractivity contribution in [3.63, 3.8) is 0 Å². The summed E-state index contributed by atoms with van der Waals surface area (Å²) in [4.78, 5) is 15.4. The minimum atomic E-state index is -0.734. The van der Waals surface area contributed by atoms with Gasteiger partial charge in [0.2, 0.25) is 0 Å². The second-order valence-corrected chi connectivity index (χ2v) is 7.68. The fourth-order valence-electron chi connectivity index (χ4n) is 3.08. The molecule has 3 N–H and O–H groups in total. The maximum Gasteiger partial charge on any atom is 0.314 e. The van der Waals surface area contributed by atoms with Crippen LogP contribution in [0.25, 0.3) is 0 Å². The van der Waals surface area contributed by atoms with Crippen molar-refractivity contribution < 1.29 is 9.90 Å². The Hall–Kier alpha value is -1.11. The molecule has 0 spiro atoms. The van der Waals surface area contributed by atoms with Crippen molar-refractivity contribution in [3.8, 4) is 0 Å². The summed E-state index contributed by atoms with van der Waals surface area (Å²) in [6.07, 6.45) is 6.01. The van der Waals surface area contributed by atoms with Gasteiger partial charge in [0.1, 0.15) is 0 Å². The van der Waals surface area contributed by atoms with Gasteiger partial charge in [0.25, 0.3) is 0 Å². The number of thiophene rings is 1. The van der Waals surface area contributed by atoms with Crippen LogP contribution in [-0.4, -0.2) is 48.8 Å². The normalized spacial score (nSPS) is 19.1. The summed E-state index contributed by atoms with van der Waals surface area (Å²) in [5, 5.41) is 18.4. The van der Waals surface area contributed by atoms with Crippen LogP contribution in [0.1, 0.15) is 49.4 Å². The molecular formula is C17H29N3O2S. The molecule has 1 atom stereocenters. The number of aliphatic hydroxyl groups is 1. The molecule has 1 heterocycles. The third-order valence-electron chi connectivity index (χ3n) is 4.56. The second-order valence-electron chi connectivity index (χ2n) is 6.70. The molecule has 1 aromatic rings. The number of nitrogens with one attached hydrogen (secondary N) is 2. The van der Waals surface area contributed by atoms with E-state index in [2.05, 4.69) is 21.6 Å². The lowest BCUT2D eigenvalue weighted by molar-refractivity contribution is 0.0276. The number of hydrogen-bond donors (Lipinski definition) is 3. The van der Waals surface area contributed by atoms with Crippen molar-refractivity contribution in [2.24, 2.45) is 0 Å². The minimum absolute atomic E-state index is 0.168. The topological polar surface area (TPSA) is 64.6 Å². The van der Waals surface area contributed by atoms with Crippen molar-refractivity contribution in [2.75, 3.05) is 27.2 Å². The van der Waals surface area contributed by atoms with Gasteiger partial charge in [0.05, 0.1) is 11.6 Å². The van der Waals surface area contributed by atoms with Gasteiger partial charge in [0.15, 0.2) is 0 Å². The van der Waals surface area contributed by atoms with E-state index in [0.717, 1.165) is 25.7 Å². The first-order chi connectivity index (χ1) is 11.0. The zero-order chi connectivity index (χ0) is 16.7. The fourth-order valence-corrected chi connectivity index (χ4v) is 4.00. The van der Waals surface area contributed by atoms with Crippen LogP contribution < -0.4 is 10.6 Å². The van der Waals surface area contributed by atoms with Gasteiger partial charge in [-0.05, 0) is 38.4 Å². The van der Waals surface area contributed by atoms with E-state index >= 15 is 0 Å². The molecule has 1 saturated carbocycles. The van der Waals surface area contributed by atoms with E-state index in [9.17, 15) is 9.90 Å². The van der Waals surface area contributed by atoms with E-state index in [1.54, 1.807) is 11.3 Å². The zero-order valence-corrected chi connectivity index (χ0v) is 15.0. The Morgan fingerprint density at radius 1 is 1.30 bits per heavy atom. The monoisotopic (exact) mass is 339 g/mol. The van der Waals surface area contributed by atoms with Gasteiger partial charge >= 0.3 is 6.03 Å². The Balaban J connectivity index is 1.77. The quantitative estimate of drug-likeness (QED) is 0.698. The highest BCUT2D eigenvalue weighted by Crippen LogP contribution is 2.26. The number of nitrogens with zero attached hydrogens (tertiary/aromatic N) is 1. The molecule has 23 heavy (non-hydrogen) atoms. The van der Waals surface area contributed by atoms with Gasteiger partial charge in [-0.2, -0.15) is 0 Å². The highest BCUT2D eigenvalue weighted by molar-refractivity contribution is 7.10. The molecule has 0 bridgehead atoms. The molecule has 0 saturated heterocycles. The molecule has 5 nitrogen and oxygen atoms in total. The van der Waals surface area contributed by atoms with Crippen LogP contribution in [0.5, 0.6) is 0 Å². The number of hydrogen-bond acceptors (Lipinski definition) is 4. The summed E-state index contributed by atoms with van der Waals surface area (Å²) < 4.78 is 0. The third-order valence-corrected chi connectivity index (χ3v) is 5.54. The highest BCUT2D eigenvalue weighted by Gasteiger charge is 2.28. The first kappa shape index (κ1) is 18.2. The molecule has 1 unspecified atom stereocenters. The summed E-state index contributed by atoms with van der Waals surface area (Å²) in [6, 6.07) is 4.08. The van der Waals surface area contributed by atoms with Crippen molar-refractivity contribution in [1.29, 1.82) is 0 Å². The summed E-state index contributed by atoms with van der Waals surface area (Å²) in [7, 11) is 4.02. The van der Waals surface area contributed by atoms with Crippen LogP contribution >= 0.6 is 11.3 Å². The smallest absolute Gasteiger partial charge is 0.314 e. The van der Waals surface area contributed by atoms with E-state index in [1.165, 1.54) is 17.7 Å². The van der Waals surface area contributed by atoms with Crippen LogP contribution in [0.3, 0.4) is 0 Å². The SMILES string of the molecule is CN(C)C(CNC(=O)NCC1(O)CCCCCC1)c1cccs1. The largest absolute Gasteiger partial charge is 0.388 e. The molecule has 0 aliphatic heterocycles.